The summed E-state index contributed by atoms with van der Waals surface area (Å²) in [5, 5.41) is 0. The van der Waals surface area contributed by atoms with Crippen molar-refractivity contribution in [2.24, 2.45) is 5.73 Å². The molecule has 0 aliphatic heterocycles. The minimum absolute atomic E-state index is 0.293. The number of benzene rings is 1. The summed E-state index contributed by atoms with van der Waals surface area (Å²) in [5.74, 6) is -0.652. The second-order valence-corrected chi connectivity index (χ2v) is 4.45. The molecule has 1 heterocycles. The Morgan fingerprint density at radius 3 is 2.00 bits per heavy atom. The van der Waals surface area contributed by atoms with Gasteiger partial charge in [0.2, 0.25) is 0 Å². The molecule has 2 aromatic rings. The second kappa shape index (κ2) is 5.40. The fourth-order valence-corrected chi connectivity index (χ4v) is 2.08. The first-order valence-corrected chi connectivity index (χ1v) is 5.97. The van der Waals surface area contributed by atoms with Gasteiger partial charge in [0.1, 0.15) is 17.5 Å². The average Bonchev–Trinajstić information content (AvgIpc) is 2.26. The highest BCUT2D eigenvalue weighted by Gasteiger charge is 2.09. The molecule has 1 aromatic heterocycles. The molecule has 2 rings (SSSR count). The number of hydrogen-bond acceptors (Lipinski definition) is 3. The van der Waals surface area contributed by atoms with Gasteiger partial charge in [0.15, 0.2) is 0 Å². The van der Waals surface area contributed by atoms with E-state index >= 15 is 0 Å². The van der Waals surface area contributed by atoms with Crippen molar-refractivity contribution >= 4 is 0 Å². The molecule has 0 saturated carbocycles. The van der Waals surface area contributed by atoms with Gasteiger partial charge < -0.3 is 5.73 Å². The Kier molecular flexibility index (Phi) is 3.85. The van der Waals surface area contributed by atoms with E-state index in [4.69, 9.17) is 5.73 Å². The summed E-state index contributed by atoms with van der Waals surface area (Å²) >= 11 is 0. The fraction of sp³-hybridized carbons (Fsp3) is 0.286. The quantitative estimate of drug-likeness (QED) is 0.925. The highest BCUT2D eigenvalue weighted by molar-refractivity contribution is 5.27. The number of nitrogens with two attached hydrogens (primary N) is 1. The van der Waals surface area contributed by atoms with E-state index in [1.807, 2.05) is 13.8 Å². The van der Waals surface area contributed by atoms with Gasteiger partial charge in [0.25, 0.3) is 0 Å². The van der Waals surface area contributed by atoms with Crippen LogP contribution >= 0.6 is 0 Å². The van der Waals surface area contributed by atoms with Gasteiger partial charge in [-0.05, 0) is 31.5 Å². The summed E-state index contributed by atoms with van der Waals surface area (Å²) in [5.41, 5.74) is 8.65. The van der Waals surface area contributed by atoms with E-state index in [1.54, 1.807) is 0 Å². The maximum absolute atomic E-state index is 13.1. The molecule has 0 aliphatic rings. The minimum atomic E-state index is -0.595. The maximum Gasteiger partial charge on any atom is 0.133 e. The standard InChI is InChI=1S/C14H15F2N3/c1-8-13(7-17)9(2)19-14(18-8)5-10-3-11(15)6-12(16)4-10/h3-4,6H,5,7,17H2,1-2H3. The first kappa shape index (κ1) is 13.5. The molecular formula is C14H15F2N3. The summed E-state index contributed by atoms with van der Waals surface area (Å²) in [6, 6.07) is 3.42. The van der Waals surface area contributed by atoms with E-state index in [0.29, 0.717) is 24.4 Å². The van der Waals surface area contributed by atoms with Gasteiger partial charge in [0.05, 0.1) is 0 Å². The van der Waals surface area contributed by atoms with E-state index in [1.165, 1.54) is 12.1 Å². The number of aryl methyl sites for hydroxylation is 2. The molecule has 1 aromatic carbocycles. The Balaban J connectivity index is 2.33. The lowest BCUT2D eigenvalue weighted by Gasteiger charge is -2.09. The van der Waals surface area contributed by atoms with Crippen LogP contribution < -0.4 is 5.73 Å². The van der Waals surface area contributed by atoms with Crippen LogP contribution in [0.2, 0.25) is 0 Å². The Hall–Kier alpha value is -1.88. The normalized spacial score (nSPS) is 10.8. The van der Waals surface area contributed by atoms with Crippen LogP contribution in [-0.4, -0.2) is 9.97 Å². The van der Waals surface area contributed by atoms with Crippen LogP contribution in [0.3, 0.4) is 0 Å². The Labute approximate surface area is 110 Å². The van der Waals surface area contributed by atoms with Crippen LogP contribution in [0.4, 0.5) is 8.78 Å². The van der Waals surface area contributed by atoms with Gasteiger partial charge in [-0.2, -0.15) is 0 Å². The topological polar surface area (TPSA) is 51.8 Å². The van der Waals surface area contributed by atoms with Crippen molar-refractivity contribution < 1.29 is 8.78 Å². The van der Waals surface area contributed by atoms with Crippen molar-refractivity contribution in [2.75, 3.05) is 0 Å². The van der Waals surface area contributed by atoms with E-state index in [-0.39, 0.29) is 0 Å². The summed E-state index contributed by atoms with van der Waals surface area (Å²) in [6.45, 7) is 4.09. The number of nitrogens with zero attached hydrogens (tertiary/aromatic N) is 2. The van der Waals surface area contributed by atoms with Crippen molar-refractivity contribution in [1.29, 1.82) is 0 Å². The van der Waals surface area contributed by atoms with E-state index in [2.05, 4.69) is 9.97 Å². The van der Waals surface area contributed by atoms with Gasteiger partial charge in [-0.25, -0.2) is 18.7 Å². The minimum Gasteiger partial charge on any atom is -0.326 e. The molecular weight excluding hydrogens is 248 g/mol. The SMILES string of the molecule is Cc1nc(Cc2cc(F)cc(F)c2)nc(C)c1CN. The zero-order chi connectivity index (χ0) is 14.0. The predicted octanol–water partition coefficient (Wildman–Crippen LogP) is 2.42. The molecule has 19 heavy (non-hydrogen) atoms. The van der Waals surface area contributed by atoms with Crippen LogP contribution in [0.15, 0.2) is 18.2 Å². The molecule has 3 nitrogen and oxygen atoms in total. The maximum atomic E-state index is 13.1. The van der Waals surface area contributed by atoms with Gasteiger partial charge in [-0.3, -0.25) is 0 Å². The highest BCUT2D eigenvalue weighted by atomic mass is 19.1. The lowest BCUT2D eigenvalue weighted by molar-refractivity contribution is 0.580. The first-order chi connectivity index (χ1) is 8.99. The third kappa shape index (κ3) is 3.12. The lowest BCUT2D eigenvalue weighted by atomic mass is 10.1. The number of rotatable bonds is 3. The van der Waals surface area contributed by atoms with Crippen LogP contribution in [0.25, 0.3) is 0 Å². The molecule has 0 saturated heterocycles. The van der Waals surface area contributed by atoms with Crippen LogP contribution in [0, 0.1) is 25.5 Å². The van der Waals surface area contributed by atoms with Crippen LogP contribution in [-0.2, 0) is 13.0 Å². The largest absolute Gasteiger partial charge is 0.326 e. The molecule has 0 unspecified atom stereocenters. The molecule has 0 spiro atoms. The van der Waals surface area contributed by atoms with Crippen molar-refractivity contribution in [3.8, 4) is 0 Å². The molecule has 0 bridgehead atoms. The predicted molar refractivity (Wildman–Crippen MR) is 68.6 cm³/mol. The summed E-state index contributed by atoms with van der Waals surface area (Å²) in [6.07, 6.45) is 0.293. The summed E-state index contributed by atoms with van der Waals surface area (Å²) in [7, 11) is 0. The fourth-order valence-electron chi connectivity index (χ4n) is 2.08. The number of halogens is 2. The molecule has 100 valence electrons. The first-order valence-electron chi connectivity index (χ1n) is 5.97. The van der Waals surface area contributed by atoms with Crippen molar-refractivity contribution in [3.05, 3.63) is 58.2 Å². The second-order valence-electron chi connectivity index (χ2n) is 4.45. The molecule has 0 atom stereocenters. The number of aromatic nitrogens is 2. The van der Waals surface area contributed by atoms with Gasteiger partial charge in [-0.1, -0.05) is 0 Å². The van der Waals surface area contributed by atoms with Crippen LogP contribution in [0.5, 0.6) is 0 Å². The third-order valence-corrected chi connectivity index (χ3v) is 2.96. The Morgan fingerprint density at radius 1 is 1.00 bits per heavy atom. The zero-order valence-corrected chi connectivity index (χ0v) is 10.9. The third-order valence-electron chi connectivity index (χ3n) is 2.96. The van der Waals surface area contributed by atoms with E-state index in [0.717, 1.165) is 23.0 Å². The van der Waals surface area contributed by atoms with Gasteiger partial charge >= 0.3 is 0 Å². The molecule has 0 aliphatic carbocycles. The van der Waals surface area contributed by atoms with E-state index < -0.39 is 11.6 Å². The molecule has 0 amide bonds. The van der Waals surface area contributed by atoms with Crippen molar-refractivity contribution in [2.45, 2.75) is 26.8 Å². The molecule has 0 fully saturated rings. The lowest BCUT2D eigenvalue weighted by Crippen LogP contribution is -2.09. The molecule has 5 heteroatoms. The van der Waals surface area contributed by atoms with Crippen molar-refractivity contribution in [3.63, 3.8) is 0 Å². The zero-order valence-electron chi connectivity index (χ0n) is 10.9. The summed E-state index contributed by atoms with van der Waals surface area (Å²) < 4.78 is 26.2. The average molecular weight is 263 g/mol. The molecule has 2 N–H and O–H groups in total. The monoisotopic (exact) mass is 263 g/mol. The Bertz CT molecular complexity index is 568. The molecule has 0 radical (unpaired) electrons. The number of hydrogen-bond donors (Lipinski definition) is 1. The highest BCUT2D eigenvalue weighted by Crippen LogP contribution is 2.14. The Morgan fingerprint density at radius 2 is 1.53 bits per heavy atom. The van der Waals surface area contributed by atoms with Gasteiger partial charge in [-0.15, -0.1) is 0 Å². The van der Waals surface area contributed by atoms with E-state index in [9.17, 15) is 8.78 Å². The van der Waals surface area contributed by atoms with Crippen molar-refractivity contribution in [1.82, 2.24) is 9.97 Å². The smallest absolute Gasteiger partial charge is 0.133 e. The van der Waals surface area contributed by atoms with Gasteiger partial charge in [0, 0.05) is 36.0 Å². The van der Waals surface area contributed by atoms with Crippen LogP contribution in [0.1, 0.15) is 28.3 Å². The summed E-state index contributed by atoms with van der Waals surface area (Å²) in [4.78, 5) is 8.65.